The van der Waals surface area contributed by atoms with Crippen molar-refractivity contribution in [3.05, 3.63) is 46.5 Å². The summed E-state index contributed by atoms with van der Waals surface area (Å²) in [5, 5.41) is 8.20. The van der Waals surface area contributed by atoms with E-state index in [1.165, 1.54) is 0 Å². The van der Waals surface area contributed by atoms with E-state index in [0.29, 0.717) is 5.92 Å². The molecule has 0 aliphatic carbocycles. The molecule has 1 aromatic heterocycles. The van der Waals surface area contributed by atoms with Gasteiger partial charge in [0.15, 0.2) is 5.82 Å². The Balaban J connectivity index is 1.71. The van der Waals surface area contributed by atoms with Crippen LogP contribution >= 0.6 is 11.6 Å². The van der Waals surface area contributed by atoms with Crippen LogP contribution in [0, 0.1) is 0 Å². The summed E-state index contributed by atoms with van der Waals surface area (Å²) >= 11 is 6.01. The second-order valence-electron chi connectivity index (χ2n) is 6.24. The minimum absolute atomic E-state index is 0.0866. The van der Waals surface area contributed by atoms with Crippen LogP contribution in [0.15, 0.2) is 24.3 Å². The summed E-state index contributed by atoms with van der Waals surface area (Å²) in [5.41, 5.74) is 1.05. The van der Waals surface area contributed by atoms with Crippen LogP contribution < -0.4 is 0 Å². The van der Waals surface area contributed by atoms with Gasteiger partial charge < -0.3 is 4.74 Å². The Morgan fingerprint density at radius 1 is 1.43 bits per heavy atom. The van der Waals surface area contributed by atoms with Gasteiger partial charge in [-0.2, -0.15) is 5.10 Å². The van der Waals surface area contributed by atoms with E-state index in [9.17, 15) is 0 Å². The molecule has 112 valence electrons. The van der Waals surface area contributed by atoms with Gasteiger partial charge in [0.05, 0.1) is 5.60 Å². The maximum atomic E-state index is 6.01. The molecule has 0 bridgehead atoms. The smallest absolute Gasteiger partial charge is 0.153 e. The minimum Gasteiger partial charge on any atom is -0.376 e. The number of benzene rings is 1. The lowest BCUT2D eigenvalue weighted by Crippen LogP contribution is -2.33. The van der Waals surface area contributed by atoms with Gasteiger partial charge in [-0.3, -0.25) is 5.10 Å². The Morgan fingerprint density at radius 3 is 3.05 bits per heavy atom. The normalized spacial score (nSPS) is 21.4. The third-order valence-electron chi connectivity index (χ3n) is 3.87. The van der Waals surface area contributed by atoms with Crippen LogP contribution in [0.3, 0.4) is 0 Å². The van der Waals surface area contributed by atoms with Gasteiger partial charge in [0.1, 0.15) is 5.82 Å². The molecule has 1 fully saturated rings. The highest BCUT2D eigenvalue weighted by molar-refractivity contribution is 6.30. The van der Waals surface area contributed by atoms with Crippen LogP contribution in [0.25, 0.3) is 0 Å². The summed E-state index contributed by atoms with van der Waals surface area (Å²) in [6, 6.07) is 7.84. The lowest BCUT2D eigenvalue weighted by molar-refractivity contribution is -0.0602. The van der Waals surface area contributed by atoms with Gasteiger partial charge >= 0.3 is 0 Å². The van der Waals surface area contributed by atoms with E-state index in [0.717, 1.165) is 48.1 Å². The van der Waals surface area contributed by atoms with Crippen molar-refractivity contribution in [2.75, 3.05) is 6.61 Å². The molecule has 1 saturated heterocycles. The molecule has 3 rings (SSSR count). The molecule has 0 unspecified atom stereocenters. The van der Waals surface area contributed by atoms with Crippen LogP contribution in [-0.2, 0) is 11.2 Å². The number of nitrogens with zero attached hydrogens (tertiary/aromatic N) is 2. The maximum absolute atomic E-state index is 6.01. The molecule has 1 aromatic carbocycles. The summed E-state index contributed by atoms with van der Waals surface area (Å²) in [5.74, 6) is 2.16. The zero-order valence-corrected chi connectivity index (χ0v) is 13.2. The van der Waals surface area contributed by atoms with Crippen LogP contribution in [0.5, 0.6) is 0 Å². The molecule has 21 heavy (non-hydrogen) atoms. The topological polar surface area (TPSA) is 50.8 Å². The predicted molar refractivity (Wildman–Crippen MR) is 82.6 cm³/mol. The van der Waals surface area contributed by atoms with Crippen molar-refractivity contribution >= 4 is 11.6 Å². The standard InChI is InChI=1S/C16H20ClN3O/c1-16(2)10-12(6-7-21-16)15-18-14(19-20-15)9-11-4-3-5-13(17)8-11/h3-5,8,12H,6-7,9-10H2,1-2H3,(H,18,19,20)/t12-/m1/s1. The van der Waals surface area contributed by atoms with Crippen molar-refractivity contribution in [1.29, 1.82) is 0 Å². The quantitative estimate of drug-likeness (QED) is 0.940. The lowest BCUT2D eigenvalue weighted by Gasteiger charge is -2.34. The molecule has 2 aromatic rings. The summed E-state index contributed by atoms with van der Waals surface area (Å²) < 4.78 is 5.75. The van der Waals surface area contributed by atoms with Crippen molar-refractivity contribution < 1.29 is 4.74 Å². The number of hydrogen-bond acceptors (Lipinski definition) is 3. The van der Waals surface area contributed by atoms with Crippen LogP contribution in [0.1, 0.15) is 49.8 Å². The van der Waals surface area contributed by atoms with E-state index in [4.69, 9.17) is 16.3 Å². The van der Waals surface area contributed by atoms with E-state index in [-0.39, 0.29) is 5.60 Å². The number of ether oxygens (including phenoxy) is 1. The van der Waals surface area contributed by atoms with E-state index in [2.05, 4.69) is 29.0 Å². The summed E-state index contributed by atoms with van der Waals surface area (Å²) in [4.78, 5) is 4.66. The Kier molecular flexibility index (Phi) is 4.00. The van der Waals surface area contributed by atoms with E-state index >= 15 is 0 Å². The number of nitrogens with one attached hydrogen (secondary N) is 1. The third-order valence-corrected chi connectivity index (χ3v) is 4.11. The summed E-state index contributed by atoms with van der Waals surface area (Å²) in [6.07, 6.45) is 2.67. The fourth-order valence-electron chi connectivity index (χ4n) is 2.86. The van der Waals surface area contributed by atoms with Crippen molar-refractivity contribution in [3.8, 4) is 0 Å². The zero-order valence-electron chi connectivity index (χ0n) is 12.4. The number of hydrogen-bond donors (Lipinski definition) is 1. The highest BCUT2D eigenvalue weighted by atomic mass is 35.5. The molecule has 4 nitrogen and oxygen atoms in total. The minimum atomic E-state index is -0.0866. The Morgan fingerprint density at radius 2 is 2.29 bits per heavy atom. The molecule has 1 atom stereocenters. The van der Waals surface area contributed by atoms with Gasteiger partial charge in [-0.1, -0.05) is 23.7 Å². The first kappa shape index (κ1) is 14.5. The van der Waals surface area contributed by atoms with Gasteiger partial charge in [0.25, 0.3) is 0 Å². The Labute approximate surface area is 129 Å². The first-order valence-corrected chi connectivity index (χ1v) is 7.69. The van der Waals surface area contributed by atoms with Crippen LogP contribution in [0.4, 0.5) is 0 Å². The number of rotatable bonds is 3. The first-order chi connectivity index (χ1) is 10.0. The average molecular weight is 306 g/mol. The second-order valence-corrected chi connectivity index (χ2v) is 6.68. The van der Waals surface area contributed by atoms with Crippen LogP contribution in [0.2, 0.25) is 5.02 Å². The molecule has 0 amide bonds. The largest absolute Gasteiger partial charge is 0.376 e. The molecule has 0 radical (unpaired) electrons. The molecule has 0 saturated carbocycles. The third kappa shape index (κ3) is 3.63. The SMILES string of the molecule is CC1(C)C[C@H](c2n[nH]c(Cc3cccc(Cl)c3)n2)CCO1. The number of halogens is 1. The van der Waals surface area contributed by atoms with E-state index < -0.39 is 0 Å². The van der Waals surface area contributed by atoms with E-state index in [1.54, 1.807) is 0 Å². The highest BCUT2D eigenvalue weighted by Crippen LogP contribution is 2.34. The second kappa shape index (κ2) is 5.78. The lowest BCUT2D eigenvalue weighted by atomic mass is 9.88. The van der Waals surface area contributed by atoms with Crippen molar-refractivity contribution in [2.45, 2.75) is 44.6 Å². The Hall–Kier alpha value is -1.39. The van der Waals surface area contributed by atoms with Gasteiger partial charge in [0.2, 0.25) is 0 Å². The van der Waals surface area contributed by atoms with E-state index in [1.807, 2.05) is 24.3 Å². The zero-order chi connectivity index (χ0) is 14.9. The summed E-state index contributed by atoms with van der Waals surface area (Å²) in [6.45, 7) is 5.02. The van der Waals surface area contributed by atoms with Gasteiger partial charge in [-0.25, -0.2) is 4.98 Å². The van der Waals surface area contributed by atoms with Crippen molar-refractivity contribution in [2.24, 2.45) is 0 Å². The molecular formula is C16H20ClN3O. The summed E-state index contributed by atoms with van der Waals surface area (Å²) in [7, 11) is 0. The first-order valence-electron chi connectivity index (χ1n) is 7.31. The molecule has 5 heteroatoms. The molecule has 2 heterocycles. The molecule has 1 N–H and O–H groups in total. The number of H-pyrrole nitrogens is 1. The van der Waals surface area contributed by atoms with Crippen LogP contribution in [-0.4, -0.2) is 27.4 Å². The molecule has 0 spiro atoms. The van der Waals surface area contributed by atoms with Gasteiger partial charge in [-0.15, -0.1) is 0 Å². The number of aromatic amines is 1. The maximum Gasteiger partial charge on any atom is 0.153 e. The van der Waals surface area contributed by atoms with Gasteiger partial charge in [-0.05, 0) is 44.4 Å². The molecule has 1 aliphatic heterocycles. The fraction of sp³-hybridized carbons (Fsp3) is 0.500. The highest BCUT2D eigenvalue weighted by Gasteiger charge is 2.31. The molecular weight excluding hydrogens is 286 g/mol. The monoisotopic (exact) mass is 305 g/mol. The van der Waals surface area contributed by atoms with Crippen molar-refractivity contribution in [3.63, 3.8) is 0 Å². The number of aromatic nitrogens is 3. The predicted octanol–water partition coefficient (Wildman–Crippen LogP) is 3.72. The molecule has 1 aliphatic rings. The fourth-order valence-corrected chi connectivity index (χ4v) is 3.08. The average Bonchev–Trinajstić information content (AvgIpc) is 2.86. The van der Waals surface area contributed by atoms with Crippen molar-refractivity contribution in [1.82, 2.24) is 15.2 Å². The Bertz CT molecular complexity index is 623. The van der Waals surface area contributed by atoms with Gasteiger partial charge in [0, 0.05) is 24.0 Å².